The number of hydrogen-bond donors (Lipinski definition) is 1. The summed E-state index contributed by atoms with van der Waals surface area (Å²) in [5, 5.41) is 8.62. The molecule has 0 aromatic heterocycles. The van der Waals surface area contributed by atoms with Gasteiger partial charge in [0, 0.05) is 27.2 Å². The lowest BCUT2D eigenvalue weighted by Gasteiger charge is -2.24. The van der Waals surface area contributed by atoms with Crippen molar-refractivity contribution in [1.29, 1.82) is 0 Å². The van der Waals surface area contributed by atoms with Gasteiger partial charge < -0.3 is 5.11 Å². The van der Waals surface area contributed by atoms with Crippen LogP contribution in [0, 0.1) is 0 Å². The summed E-state index contributed by atoms with van der Waals surface area (Å²) >= 11 is 0. The normalized spacial score (nSPS) is 12.0. The summed E-state index contributed by atoms with van der Waals surface area (Å²) in [5.41, 5.74) is 2.09. The minimum Gasteiger partial charge on any atom is -0.481 e. The molecule has 0 radical (unpaired) electrons. The van der Waals surface area contributed by atoms with Crippen LogP contribution in [0.4, 0.5) is 0 Å². The maximum atomic E-state index is 12.2. The summed E-state index contributed by atoms with van der Waals surface area (Å²) in [7, 11) is -0.775. The average molecular weight is 314 g/mol. The van der Waals surface area contributed by atoms with E-state index in [1.807, 2.05) is 24.3 Å². The fourth-order valence-electron chi connectivity index (χ4n) is 1.83. The molecule has 0 atom stereocenters. The van der Waals surface area contributed by atoms with Gasteiger partial charge in [-0.1, -0.05) is 31.2 Å². The number of carbonyl (C=O) groups is 1. The molecule has 0 unspecified atom stereocenters. The van der Waals surface area contributed by atoms with Crippen molar-refractivity contribution in [3.8, 4) is 0 Å². The second-order valence-electron chi connectivity index (χ2n) is 4.90. The maximum absolute atomic E-state index is 12.2. The Bertz CT molecular complexity index is 569. The van der Waals surface area contributed by atoms with Gasteiger partial charge in [-0.15, -0.1) is 0 Å². The average Bonchev–Trinajstić information content (AvgIpc) is 2.45. The van der Waals surface area contributed by atoms with E-state index in [9.17, 15) is 13.2 Å². The molecular weight excluding hydrogens is 292 g/mol. The molecule has 21 heavy (non-hydrogen) atoms. The summed E-state index contributed by atoms with van der Waals surface area (Å²) in [5.74, 6) is -1.02. The molecule has 0 amide bonds. The third kappa shape index (κ3) is 5.11. The molecule has 1 aromatic rings. The van der Waals surface area contributed by atoms with E-state index in [1.54, 1.807) is 0 Å². The van der Waals surface area contributed by atoms with Gasteiger partial charge in [0.15, 0.2) is 0 Å². The minimum absolute atomic E-state index is 0.0449. The van der Waals surface area contributed by atoms with Gasteiger partial charge in [0.2, 0.25) is 0 Å². The zero-order valence-electron chi connectivity index (χ0n) is 12.6. The predicted molar refractivity (Wildman–Crippen MR) is 81.1 cm³/mol. The quantitative estimate of drug-likeness (QED) is 0.785. The first-order valence-corrected chi connectivity index (χ1v) is 8.14. The fourth-order valence-corrected chi connectivity index (χ4v) is 2.94. The Morgan fingerprint density at radius 1 is 1.10 bits per heavy atom. The Hall–Kier alpha value is -1.44. The van der Waals surface area contributed by atoms with Gasteiger partial charge in [-0.2, -0.15) is 17.0 Å². The molecule has 0 heterocycles. The molecule has 0 spiro atoms. The Labute approximate surface area is 126 Å². The van der Waals surface area contributed by atoms with Crippen molar-refractivity contribution in [2.24, 2.45) is 0 Å². The lowest BCUT2D eigenvalue weighted by Crippen LogP contribution is -2.40. The molecule has 0 aliphatic heterocycles. The first kappa shape index (κ1) is 17.6. The van der Waals surface area contributed by atoms with Gasteiger partial charge >= 0.3 is 5.97 Å². The van der Waals surface area contributed by atoms with Crippen LogP contribution >= 0.6 is 0 Å². The Morgan fingerprint density at radius 3 is 2.10 bits per heavy atom. The van der Waals surface area contributed by atoms with Gasteiger partial charge in [-0.3, -0.25) is 4.79 Å². The van der Waals surface area contributed by atoms with Gasteiger partial charge in [0.05, 0.1) is 6.42 Å². The number of aryl methyl sites for hydroxylation is 1. The molecule has 0 saturated carbocycles. The first-order chi connectivity index (χ1) is 9.77. The smallest absolute Gasteiger partial charge is 0.304 e. The molecule has 1 N–H and O–H groups in total. The molecule has 7 heteroatoms. The highest BCUT2D eigenvalue weighted by atomic mass is 32.2. The lowest BCUT2D eigenvalue weighted by atomic mass is 10.1. The van der Waals surface area contributed by atoms with Crippen LogP contribution in [-0.4, -0.2) is 48.7 Å². The summed E-state index contributed by atoms with van der Waals surface area (Å²) in [4.78, 5) is 10.5. The SMILES string of the molecule is CCc1ccc(CN(C)S(=O)(=O)N(C)CCC(=O)O)cc1. The van der Waals surface area contributed by atoms with E-state index >= 15 is 0 Å². The van der Waals surface area contributed by atoms with Crippen molar-refractivity contribution in [2.45, 2.75) is 26.3 Å². The van der Waals surface area contributed by atoms with Gasteiger partial charge in [0.25, 0.3) is 10.2 Å². The topological polar surface area (TPSA) is 77.9 Å². The van der Waals surface area contributed by atoms with Crippen LogP contribution < -0.4 is 0 Å². The number of benzene rings is 1. The molecular formula is C14H22N2O4S. The van der Waals surface area contributed by atoms with Crippen molar-refractivity contribution in [1.82, 2.24) is 8.61 Å². The largest absolute Gasteiger partial charge is 0.481 e. The van der Waals surface area contributed by atoms with Gasteiger partial charge in [-0.25, -0.2) is 0 Å². The van der Waals surface area contributed by atoms with Crippen molar-refractivity contribution in [2.75, 3.05) is 20.6 Å². The third-order valence-electron chi connectivity index (χ3n) is 3.26. The number of carboxylic acid groups (broad SMARTS) is 1. The Morgan fingerprint density at radius 2 is 1.62 bits per heavy atom. The number of carboxylic acids is 1. The molecule has 6 nitrogen and oxygen atoms in total. The van der Waals surface area contributed by atoms with E-state index in [-0.39, 0.29) is 19.5 Å². The van der Waals surface area contributed by atoms with Crippen LogP contribution in [0.5, 0.6) is 0 Å². The summed E-state index contributed by atoms with van der Waals surface area (Å²) < 4.78 is 26.7. The summed E-state index contributed by atoms with van der Waals surface area (Å²) in [6.07, 6.45) is 0.723. The van der Waals surface area contributed by atoms with Crippen molar-refractivity contribution < 1.29 is 18.3 Å². The highest BCUT2D eigenvalue weighted by Gasteiger charge is 2.23. The van der Waals surface area contributed by atoms with Gasteiger partial charge in [-0.05, 0) is 17.5 Å². The van der Waals surface area contributed by atoms with Gasteiger partial charge in [0.1, 0.15) is 0 Å². The van der Waals surface area contributed by atoms with Crippen molar-refractivity contribution in [3.63, 3.8) is 0 Å². The van der Waals surface area contributed by atoms with Crippen LogP contribution in [0.2, 0.25) is 0 Å². The predicted octanol–water partition coefficient (Wildman–Crippen LogP) is 1.33. The Kier molecular flexibility index (Phi) is 6.32. The van der Waals surface area contributed by atoms with E-state index in [4.69, 9.17) is 5.11 Å². The second kappa shape index (κ2) is 7.53. The summed E-state index contributed by atoms with van der Waals surface area (Å²) in [6.45, 7) is 2.27. The van der Waals surface area contributed by atoms with E-state index in [2.05, 4.69) is 6.92 Å². The highest BCUT2D eigenvalue weighted by molar-refractivity contribution is 7.86. The zero-order chi connectivity index (χ0) is 16.0. The first-order valence-electron chi connectivity index (χ1n) is 6.74. The van der Waals surface area contributed by atoms with Crippen LogP contribution in [0.1, 0.15) is 24.5 Å². The van der Waals surface area contributed by atoms with Crippen LogP contribution in [0.25, 0.3) is 0 Å². The standard InChI is InChI=1S/C14H22N2O4S/c1-4-12-5-7-13(8-6-12)11-16(3)21(19,20)15(2)10-9-14(17)18/h5-8H,4,9-11H2,1-3H3,(H,17,18). The second-order valence-corrected chi connectivity index (χ2v) is 7.04. The number of hydrogen-bond acceptors (Lipinski definition) is 3. The van der Waals surface area contributed by atoms with E-state index in [0.717, 1.165) is 16.3 Å². The van der Waals surface area contributed by atoms with Crippen LogP contribution in [0.15, 0.2) is 24.3 Å². The van der Waals surface area contributed by atoms with Crippen LogP contribution in [-0.2, 0) is 28.0 Å². The number of aliphatic carboxylic acids is 1. The molecule has 0 aliphatic rings. The van der Waals surface area contributed by atoms with Crippen molar-refractivity contribution >= 4 is 16.2 Å². The molecule has 0 saturated heterocycles. The molecule has 1 rings (SSSR count). The minimum atomic E-state index is -3.65. The molecule has 118 valence electrons. The van der Waals surface area contributed by atoms with E-state index < -0.39 is 16.2 Å². The molecule has 0 fully saturated rings. The fraction of sp³-hybridized carbons (Fsp3) is 0.500. The maximum Gasteiger partial charge on any atom is 0.304 e. The van der Waals surface area contributed by atoms with Crippen molar-refractivity contribution in [3.05, 3.63) is 35.4 Å². The zero-order valence-corrected chi connectivity index (χ0v) is 13.4. The van der Waals surface area contributed by atoms with E-state index in [0.29, 0.717) is 0 Å². The number of rotatable bonds is 8. The lowest BCUT2D eigenvalue weighted by molar-refractivity contribution is -0.137. The third-order valence-corrected chi connectivity index (χ3v) is 5.15. The molecule has 1 aromatic carbocycles. The Balaban J connectivity index is 2.71. The highest BCUT2D eigenvalue weighted by Crippen LogP contribution is 2.12. The molecule has 0 aliphatic carbocycles. The van der Waals surface area contributed by atoms with Crippen LogP contribution in [0.3, 0.4) is 0 Å². The molecule has 0 bridgehead atoms. The summed E-state index contributed by atoms with van der Waals surface area (Å²) in [6, 6.07) is 7.76. The van der Waals surface area contributed by atoms with E-state index in [1.165, 1.54) is 24.0 Å². The monoisotopic (exact) mass is 314 g/mol. The number of nitrogens with zero attached hydrogens (tertiary/aromatic N) is 2.